The third-order valence-corrected chi connectivity index (χ3v) is 4.30. The van der Waals surface area contributed by atoms with Gasteiger partial charge in [0.15, 0.2) is 12.0 Å². The molecule has 0 radical (unpaired) electrons. The lowest BCUT2D eigenvalue weighted by atomic mass is 10.0. The highest BCUT2D eigenvalue weighted by molar-refractivity contribution is 5.95. The molecule has 5 heteroatoms. The van der Waals surface area contributed by atoms with E-state index in [1.54, 1.807) is 0 Å². The summed E-state index contributed by atoms with van der Waals surface area (Å²) in [5.74, 6) is -0.0742. The monoisotopic (exact) mass is 322 g/mol. The molecule has 5 nitrogen and oxygen atoms in total. The third kappa shape index (κ3) is 3.03. The van der Waals surface area contributed by atoms with Crippen molar-refractivity contribution in [2.24, 2.45) is 0 Å². The number of amides is 1. The predicted octanol–water partition coefficient (Wildman–Crippen LogP) is 3.40. The van der Waals surface area contributed by atoms with Crippen molar-refractivity contribution in [2.45, 2.75) is 18.9 Å². The predicted molar refractivity (Wildman–Crippen MR) is 90.8 cm³/mol. The number of ether oxygens (including phenoxy) is 1. The molecule has 0 bridgehead atoms. The topological polar surface area (TPSA) is 64.4 Å². The van der Waals surface area contributed by atoms with Gasteiger partial charge >= 0.3 is 0 Å². The number of fused-ring (bicyclic) bond motifs is 1. The van der Waals surface area contributed by atoms with Crippen LogP contribution in [0.4, 0.5) is 0 Å². The molecule has 24 heavy (non-hydrogen) atoms. The number of hydrogen-bond donors (Lipinski definition) is 1. The summed E-state index contributed by atoms with van der Waals surface area (Å²) >= 11 is 0. The SMILES string of the molecule is O=C(NC[C@H]1CCCO1)c1cccc(-c2ccc3ocnc3c2)c1. The number of carbonyl (C=O) groups excluding carboxylic acids is 1. The Kier molecular flexibility index (Phi) is 4.01. The number of hydrogen-bond acceptors (Lipinski definition) is 4. The van der Waals surface area contributed by atoms with Gasteiger partial charge in [0, 0.05) is 18.7 Å². The van der Waals surface area contributed by atoms with Gasteiger partial charge in [-0.25, -0.2) is 4.98 Å². The first-order chi connectivity index (χ1) is 11.8. The van der Waals surface area contributed by atoms with Crippen LogP contribution in [0.5, 0.6) is 0 Å². The molecule has 1 aromatic heterocycles. The Balaban J connectivity index is 1.52. The average molecular weight is 322 g/mol. The van der Waals surface area contributed by atoms with E-state index in [4.69, 9.17) is 9.15 Å². The van der Waals surface area contributed by atoms with Gasteiger partial charge in [0.2, 0.25) is 0 Å². The van der Waals surface area contributed by atoms with Gasteiger partial charge in [0.25, 0.3) is 5.91 Å². The molecule has 1 aliphatic heterocycles. The Bertz CT molecular complexity index is 866. The third-order valence-electron chi connectivity index (χ3n) is 4.30. The fraction of sp³-hybridized carbons (Fsp3) is 0.263. The lowest BCUT2D eigenvalue weighted by Gasteiger charge is -2.11. The number of aromatic nitrogens is 1. The second-order valence-corrected chi connectivity index (χ2v) is 5.96. The maximum absolute atomic E-state index is 12.4. The number of nitrogens with one attached hydrogen (secondary N) is 1. The fourth-order valence-electron chi connectivity index (χ4n) is 2.99. The summed E-state index contributed by atoms with van der Waals surface area (Å²) in [6, 6.07) is 13.4. The zero-order valence-corrected chi connectivity index (χ0v) is 13.2. The highest BCUT2D eigenvalue weighted by Crippen LogP contribution is 2.24. The van der Waals surface area contributed by atoms with Crippen LogP contribution >= 0.6 is 0 Å². The highest BCUT2D eigenvalue weighted by atomic mass is 16.5. The van der Waals surface area contributed by atoms with E-state index in [2.05, 4.69) is 10.3 Å². The normalized spacial score (nSPS) is 17.2. The number of rotatable bonds is 4. The van der Waals surface area contributed by atoms with Crippen LogP contribution in [-0.2, 0) is 4.74 Å². The molecule has 1 fully saturated rings. The van der Waals surface area contributed by atoms with Crippen molar-refractivity contribution < 1.29 is 13.9 Å². The Labute approximate surface area is 139 Å². The Morgan fingerprint density at radius 2 is 2.12 bits per heavy atom. The van der Waals surface area contributed by atoms with Crippen LogP contribution in [0.15, 0.2) is 53.3 Å². The van der Waals surface area contributed by atoms with E-state index in [1.165, 1.54) is 6.39 Å². The van der Waals surface area contributed by atoms with E-state index in [9.17, 15) is 4.79 Å². The molecule has 2 aromatic carbocycles. The van der Waals surface area contributed by atoms with Crippen molar-refractivity contribution in [3.8, 4) is 11.1 Å². The maximum atomic E-state index is 12.4. The van der Waals surface area contributed by atoms with Gasteiger partial charge in [-0.05, 0) is 48.2 Å². The van der Waals surface area contributed by atoms with Crippen LogP contribution in [0.25, 0.3) is 22.2 Å². The van der Waals surface area contributed by atoms with E-state index in [-0.39, 0.29) is 12.0 Å². The second kappa shape index (κ2) is 6.45. The molecule has 0 aliphatic carbocycles. The molecule has 3 aromatic rings. The van der Waals surface area contributed by atoms with Crippen molar-refractivity contribution in [3.63, 3.8) is 0 Å². The van der Waals surface area contributed by atoms with Crippen molar-refractivity contribution in [3.05, 3.63) is 54.4 Å². The van der Waals surface area contributed by atoms with Crippen LogP contribution in [0, 0.1) is 0 Å². The van der Waals surface area contributed by atoms with E-state index < -0.39 is 0 Å². The first-order valence-electron chi connectivity index (χ1n) is 8.13. The molecular weight excluding hydrogens is 304 g/mol. The summed E-state index contributed by atoms with van der Waals surface area (Å²) in [4.78, 5) is 16.5. The highest BCUT2D eigenvalue weighted by Gasteiger charge is 2.16. The molecule has 0 saturated carbocycles. The minimum atomic E-state index is -0.0742. The lowest BCUT2D eigenvalue weighted by Crippen LogP contribution is -2.31. The van der Waals surface area contributed by atoms with Crippen molar-refractivity contribution in [1.82, 2.24) is 10.3 Å². The molecule has 2 heterocycles. The number of benzene rings is 2. The summed E-state index contributed by atoms with van der Waals surface area (Å²) in [7, 11) is 0. The van der Waals surface area contributed by atoms with Crippen LogP contribution in [0.1, 0.15) is 23.2 Å². The molecule has 122 valence electrons. The van der Waals surface area contributed by atoms with Crippen LogP contribution in [0.3, 0.4) is 0 Å². The molecule has 4 rings (SSSR count). The van der Waals surface area contributed by atoms with E-state index in [0.717, 1.165) is 41.7 Å². The minimum absolute atomic E-state index is 0.0742. The zero-order chi connectivity index (χ0) is 16.4. The van der Waals surface area contributed by atoms with E-state index in [0.29, 0.717) is 12.1 Å². The average Bonchev–Trinajstić information content (AvgIpc) is 3.30. The fourth-order valence-corrected chi connectivity index (χ4v) is 2.99. The van der Waals surface area contributed by atoms with Crippen LogP contribution in [0.2, 0.25) is 0 Å². The summed E-state index contributed by atoms with van der Waals surface area (Å²) in [6.07, 6.45) is 3.66. The lowest BCUT2D eigenvalue weighted by molar-refractivity contribution is 0.0858. The number of oxazole rings is 1. The van der Waals surface area contributed by atoms with Crippen LogP contribution < -0.4 is 5.32 Å². The molecular formula is C19H18N2O3. The Morgan fingerprint density at radius 3 is 3.00 bits per heavy atom. The van der Waals surface area contributed by atoms with Gasteiger partial charge in [0.05, 0.1) is 6.10 Å². The molecule has 1 N–H and O–H groups in total. The largest absolute Gasteiger partial charge is 0.443 e. The van der Waals surface area contributed by atoms with E-state index in [1.807, 2.05) is 42.5 Å². The Hall–Kier alpha value is -2.66. The summed E-state index contributed by atoms with van der Waals surface area (Å²) in [6.45, 7) is 1.36. The number of carbonyl (C=O) groups is 1. The minimum Gasteiger partial charge on any atom is -0.443 e. The quantitative estimate of drug-likeness (QED) is 0.799. The summed E-state index contributed by atoms with van der Waals surface area (Å²) in [5, 5.41) is 2.95. The van der Waals surface area contributed by atoms with Crippen molar-refractivity contribution in [2.75, 3.05) is 13.2 Å². The molecule has 0 spiro atoms. The van der Waals surface area contributed by atoms with Crippen molar-refractivity contribution >= 4 is 17.0 Å². The molecule has 1 amide bonds. The van der Waals surface area contributed by atoms with E-state index >= 15 is 0 Å². The van der Waals surface area contributed by atoms with Crippen molar-refractivity contribution in [1.29, 1.82) is 0 Å². The van der Waals surface area contributed by atoms with Gasteiger partial charge in [-0.1, -0.05) is 18.2 Å². The smallest absolute Gasteiger partial charge is 0.251 e. The first kappa shape index (κ1) is 14.9. The molecule has 1 aliphatic rings. The number of nitrogens with zero attached hydrogens (tertiary/aromatic N) is 1. The van der Waals surface area contributed by atoms with Crippen LogP contribution in [-0.4, -0.2) is 30.1 Å². The molecule has 1 saturated heterocycles. The van der Waals surface area contributed by atoms with Gasteiger partial charge in [-0.2, -0.15) is 0 Å². The first-order valence-corrected chi connectivity index (χ1v) is 8.13. The van der Waals surface area contributed by atoms with Gasteiger partial charge < -0.3 is 14.5 Å². The maximum Gasteiger partial charge on any atom is 0.251 e. The molecule has 1 atom stereocenters. The zero-order valence-electron chi connectivity index (χ0n) is 13.2. The standard InChI is InChI=1S/C19H18N2O3/c22-19(20-11-16-5-2-8-23-16)15-4-1-3-13(9-15)14-6-7-18-17(10-14)21-12-24-18/h1,3-4,6-7,9-10,12,16H,2,5,8,11H2,(H,20,22)/t16-/m1/s1. The summed E-state index contributed by atoms with van der Waals surface area (Å²) in [5.41, 5.74) is 4.19. The van der Waals surface area contributed by atoms with Gasteiger partial charge in [-0.15, -0.1) is 0 Å². The van der Waals surface area contributed by atoms with Gasteiger partial charge in [-0.3, -0.25) is 4.79 Å². The van der Waals surface area contributed by atoms with Gasteiger partial charge in [0.1, 0.15) is 5.52 Å². The summed E-state index contributed by atoms with van der Waals surface area (Å²) < 4.78 is 10.8. The second-order valence-electron chi connectivity index (χ2n) is 5.96. The molecule has 0 unspecified atom stereocenters. The Morgan fingerprint density at radius 1 is 1.21 bits per heavy atom.